The SMILES string of the molecule is Cc1ccc(-c2c(C)c(-c3cccc4c3Cc3ccccc3-4)cc3ccccc23)c(C)c1C. The van der Waals surface area contributed by atoms with Crippen molar-refractivity contribution in [1.82, 2.24) is 0 Å². The fraction of sp³-hybridized carbons (Fsp3) is 0.152. The summed E-state index contributed by atoms with van der Waals surface area (Å²) in [4.78, 5) is 0. The maximum atomic E-state index is 2.41. The Morgan fingerprint density at radius 1 is 0.515 bits per heavy atom. The van der Waals surface area contributed by atoms with Gasteiger partial charge >= 0.3 is 0 Å². The van der Waals surface area contributed by atoms with Crippen molar-refractivity contribution >= 4 is 10.8 Å². The Morgan fingerprint density at radius 2 is 1.21 bits per heavy atom. The lowest BCUT2D eigenvalue weighted by atomic mass is 9.83. The van der Waals surface area contributed by atoms with Crippen LogP contribution in [0.2, 0.25) is 0 Å². The number of hydrogen-bond acceptors (Lipinski definition) is 0. The van der Waals surface area contributed by atoms with Crippen LogP contribution in [0.3, 0.4) is 0 Å². The molecule has 0 aliphatic heterocycles. The summed E-state index contributed by atoms with van der Waals surface area (Å²) < 4.78 is 0. The van der Waals surface area contributed by atoms with E-state index < -0.39 is 0 Å². The van der Waals surface area contributed by atoms with Gasteiger partial charge in [-0.1, -0.05) is 78.9 Å². The minimum atomic E-state index is 1.01. The summed E-state index contributed by atoms with van der Waals surface area (Å²) in [5.74, 6) is 0. The van der Waals surface area contributed by atoms with Crippen LogP contribution in [0.1, 0.15) is 33.4 Å². The lowest BCUT2D eigenvalue weighted by Crippen LogP contribution is -1.97. The van der Waals surface area contributed by atoms with Gasteiger partial charge in [-0.15, -0.1) is 0 Å². The van der Waals surface area contributed by atoms with Gasteiger partial charge in [0.15, 0.2) is 0 Å². The molecule has 33 heavy (non-hydrogen) atoms. The van der Waals surface area contributed by atoms with E-state index >= 15 is 0 Å². The van der Waals surface area contributed by atoms with Crippen LogP contribution in [0.15, 0.2) is 84.9 Å². The fourth-order valence-corrected chi connectivity index (χ4v) is 5.71. The Labute approximate surface area is 196 Å². The zero-order chi connectivity index (χ0) is 22.7. The van der Waals surface area contributed by atoms with Crippen LogP contribution in [0.4, 0.5) is 0 Å². The van der Waals surface area contributed by atoms with Crippen LogP contribution >= 0.6 is 0 Å². The second-order valence-corrected chi connectivity index (χ2v) is 9.49. The van der Waals surface area contributed by atoms with E-state index in [1.54, 1.807) is 0 Å². The van der Waals surface area contributed by atoms with E-state index in [9.17, 15) is 0 Å². The highest BCUT2D eigenvalue weighted by atomic mass is 14.3. The van der Waals surface area contributed by atoms with Crippen molar-refractivity contribution in [3.05, 3.63) is 118 Å². The van der Waals surface area contributed by atoms with Crippen LogP contribution < -0.4 is 0 Å². The number of fused-ring (bicyclic) bond motifs is 4. The second-order valence-electron chi connectivity index (χ2n) is 9.49. The molecule has 1 aliphatic carbocycles. The number of benzene rings is 5. The highest BCUT2D eigenvalue weighted by Gasteiger charge is 2.23. The van der Waals surface area contributed by atoms with E-state index in [1.165, 1.54) is 77.5 Å². The number of aryl methyl sites for hydroxylation is 1. The molecule has 0 N–H and O–H groups in total. The van der Waals surface area contributed by atoms with Crippen LogP contribution in [0.25, 0.3) is 44.2 Å². The molecule has 0 saturated carbocycles. The van der Waals surface area contributed by atoms with E-state index in [4.69, 9.17) is 0 Å². The van der Waals surface area contributed by atoms with Gasteiger partial charge in [0, 0.05) is 0 Å². The molecule has 0 radical (unpaired) electrons. The molecule has 5 aromatic rings. The van der Waals surface area contributed by atoms with Gasteiger partial charge < -0.3 is 0 Å². The Hall–Kier alpha value is -3.64. The van der Waals surface area contributed by atoms with E-state index in [2.05, 4.69) is 113 Å². The van der Waals surface area contributed by atoms with Crippen molar-refractivity contribution in [3.63, 3.8) is 0 Å². The van der Waals surface area contributed by atoms with Crippen molar-refractivity contribution < 1.29 is 0 Å². The molecule has 0 heteroatoms. The number of rotatable bonds is 2. The van der Waals surface area contributed by atoms with Crippen molar-refractivity contribution in [2.24, 2.45) is 0 Å². The molecule has 0 fully saturated rings. The van der Waals surface area contributed by atoms with Gasteiger partial charge in [-0.3, -0.25) is 0 Å². The summed E-state index contributed by atoms with van der Waals surface area (Å²) in [7, 11) is 0. The summed E-state index contributed by atoms with van der Waals surface area (Å²) in [5.41, 5.74) is 16.6. The maximum absolute atomic E-state index is 2.41. The first kappa shape index (κ1) is 20.0. The largest absolute Gasteiger partial charge is 0.0619 e. The highest BCUT2D eigenvalue weighted by molar-refractivity contribution is 6.04. The molecule has 0 heterocycles. The summed E-state index contributed by atoms with van der Waals surface area (Å²) in [6.07, 6.45) is 1.01. The topological polar surface area (TPSA) is 0 Å². The van der Waals surface area contributed by atoms with Crippen molar-refractivity contribution in [3.8, 4) is 33.4 Å². The Kier molecular flexibility index (Phi) is 4.52. The van der Waals surface area contributed by atoms with Crippen LogP contribution in [-0.4, -0.2) is 0 Å². The Morgan fingerprint density at radius 3 is 2.06 bits per heavy atom. The molecule has 0 nitrogen and oxygen atoms in total. The molecular formula is C33H28. The zero-order valence-electron chi connectivity index (χ0n) is 19.8. The van der Waals surface area contributed by atoms with Gasteiger partial charge in [0.1, 0.15) is 0 Å². The molecular weight excluding hydrogens is 396 g/mol. The van der Waals surface area contributed by atoms with E-state index in [1.807, 2.05) is 0 Å². The summed E-state index contributed by atoms with van der Waals surface area (Å²) in [6.45, 7) is 9.04. The minimum absolute atomic E-state index is 1.01. The lowest BCUT2D eigenvalue weighted by Gasteiger charge is -2.20. The Bertz CT molecular complexity index is 1570. The first-order chi connectivity index (χ1) is 16.0. The molecule has 160 valence electrons. The molecule has 0 bridgehead atoms. The van der Waals surface area contributed by atoms with Gasteiger partial charge in [0.05, 0.1) is 0 Å². The molecule has 0 atom stereocenters. The predicted molar refractivity (Wildman–Crippen MR) is 142 cm³/mol. The monoisotopic (exact) mass is 424 g/mol. The molecule has 0 saturated heterocycles. The first-order valence-corrected chi connectivity index (χ1v) is 11.8. The van der Waals surface area contributed by atoms with E-state index in [-0.39, 0.29) is 0 Å². The molecule has 0 aromatic heterocycles. The summed E-state index contributed by atoms with van der Waals surface area (Å²) >= 11 is 0. The number of hydrogen-bond donors (Lipinski definition) is 0. The van der Waals surface area contributed by atoms with Gasteiger partial charge in [-0.2, -0.15) is 0 Å². The molecule has 1 aliphatic rings. The van der Waals surface area contributed by atoms with Gasteiger partial charge in [0.25, 0.3) is 0 Å². The van der Waals surface area contributed by atoms with Crippen molar-refractivity contribution in [2.45, 2.75) is 34.1 Å². The normalized spacial score (nSPS) is 12.1. The highest BCUT2D eigenvalue weighted by Crippen LogP contribution is 2.45. The third kappa shape index (κ3) is 2.98. The minimum Gasteiger partial charge on any atom is -0.0619 e. The molecule has 6 rings (SSSR count). The second kappa shape index (κ2) is 7.46. The smallest absolute Gasteiger partial charge is 0.000728 e. The third-order valence-electron chi connectivity index (χ3n) is 7.78. The van der Waals surface area contributed by atoms with Crippen LogP contribution in [-0.2, 0) is 6.42 Å². The molecule has 0 unspecified atom stereocenters. The van der Waals surface area contributed by atoms with Gasteiger partial charge in [-0.05, 0) is 118 Å². The van der Waals surface area contributed by atoms with Crippen LogP contribution in [0.5, 0.6) is 0 Å². The molecule has 5 aromatic carbocycles. The first-order valence-electron chi connectivity index (χ1n) is 11.8. The van der Waals surface area contributed by atoms with Crippen molar-refractivity contribution in [1.29, 1.82) is 0 Å². The van der Waals surface area contributed by atoms with Gasteiger partial charge in [-0.25, -0.2) is 0 Å². The third-order valence-corrected chi connectivity index (χ3v) is 7.78. The molecule has 0 amide bonds. The summed E-state index contributed by atoms with van der Waals surface area (Å²) in [6, 6.07) is 31.5. The predicted octanol–water partition coefficient (Wildman–Crippen LogP) is 8.98. The quantitative estimate of drug-likeness (QED) is 0.260. The zero-order valence-corrected chi connectivity index (χ0v) is 19.8. The maximum Gasteiger partial charge on any atom is -0.000728 e. The van der Waals surface area contributed by atoms with E-state index in [0.29, 0.717) is 0 Å². The fourth-order valence-electron chi connectivity index (χ4n) is 5.71. The molecule has 0 spiro atoms. The van der Waals surface area contributed by atoms with Gasteiger partial charge in [0.2, 0.25) is 0 Å². The average Bonchev–Trinajstić information content (AvgIpc) is 3.22. The van der Waals surface area contributed by atoms with Crippen molar-refractivity contribution in [2.75, 3.05) is 0 Å². The lowest BCUT2D eigenvalue weighted by molar-refractivity contribution is 1.26. The Balaban J connectivity index is 1.67. The summed E-state index contributed by atoms with van der Waals surface area (Å²) in [5, 5.41) is 2.64. The standard InChI is InChI=1S/C33H28/c1-20-16-17-26(22(3)21(20)2)33-23(4)31(18-25-11-6-8-13-28(25)33)30-15-9-14-29-27-12-7-5-10-24(27)19-32(29)30/h5-18H,19H2,1-4H3. The van der Waals surface area contributed by atoms with Crippen LogP contribution in [0, 0.1) is 27.7 Å². The average molecular weight is 425 g/mol. The van der Waals surface area contributed by atoms with E-state index in [0.717, 1.165) is 6.42 Å².